The van der Waals surface area contributed by atoms with Crippen LogP contribution in [0.15, 0.2) is 24.3 Å². The zero-order valence-electron chi connectivity index (χ0n) is 12.1. The summed E-state index contributed by atoms with van der Waals surface area (Å²) in [6.07, 6.45) is 6.82. The first-order chi connectivity index (χ1) is 9.19. The lowest BCUT2D eigenvalue weighted by molar-refractivity contribution is -0.122. The molecule has 2 rings (SSSR count). The first-order valence-corrected chi connectivity index (χ1v) is 7.57. The number of rotatable bonds is 5. The SMILES string of the molecule is CCc1ccc(C(C)NC(=O)CC2CCCC2)cc1. The van der Waals surface area contributed by atoms with Gasteiger partial charge < -0.3 is 5.32 Å². The van der Waals surface area contributed by atoms with Gasteiger partial charge in [-0.2, -0.15) is 0 Å². The molecule has 0 aromatic heterocycles. The predicted octanol–water partition coefficient (Wildman–Crippen LogP) is 4.01. The van der Waals surface area contributed by atoms with E-state index in [2.05, 4.69) is 43.4 Å². The standard InChI is InChI=1S/C17H25NO/c1-3-14-8-10-16(11-9-14)13(2)18-17(19)12-15-6-4-5-7-15/h8-11,13,15H,3-7,12H2,1-2H3,(H,18,19). The van der Waals surface area contributed by atoms with Crippen LogP contribution < -0.4 is 5.32 Å². The Bertz CT molecular complexity index is 404. The third kappa shape index (κ3) is 4.09. The van der Waals surface area contributed by atoms with Crippen molar-refractivity contribution in [2.75, 3.05) is 0 Å². The molecule has 0 radical (unpaired) electrons. The third-order valence-corrected chi connectivity index (χ3v) is 4.21. The van der Waals surface area contributed by atoms with Crippen molar-refractivity contribution in [3.05, 3.63) is 35.4 Å². The third-order valence-electron chi connectivity index (χ3n) is 4.21. The van der Waals surface area contributed by atoms with Gasteiger partial charge in [0.1, 0.15) is 0 Å². The molecule has 0 spiro atoms. The van der Waals surface area contributed by atoms with Gasteiger partial charge in [-0.3, -0.25) is 4.79 Å². The second kappa shape index (κ2) is 6.74. The van der Waals surface area contributed by atoms with E-state index in [0.717, 1.165) is 6.42 Å². The molecule has 1 aliphatic carbocycles. The van der Waals surface area contributed by atoms with Crippen LogP contribution in [0.2, 0.25) is 0 Å². The minimum atomic E-state index is 0.111. The highest BCUT2D eigenvalue weighted by atomic mass is 16.1. The lowest BCUT2D eigenvalue weighted by Gasteiger charge is -2.16. The van der Waals surface area contributed by atoms with Crippen molar-refractivity contribution in [1.82, 2.24) is 5.32 Å². The van der Waals surface area contributed by atoms with Crippen LogP contribution in [-0.2, 0) is 11.2 Å². The quantitative estimate of drug-likeness (QED) is 0.850. The van der Waals surface area contributed by atoms with Gasteiger partial charge in [0.05, 0.1) is 6.04 Å². The van der Waals surface area contributed by atoms with Crippen molar-refractivity contribution in [2.45, 2.75) is 58.4 Å². The van der Waals surface area contributed by atoms with E-state index in [9.17, 15) is 4.79 Å². The van der Waals surface area contributed by atoms with Gasteiger partial charge in [-0.25, -0.2) is 0 Å². The maximum absolute atomic E-state index is 12.0. The maximum Gasteiger partial charge on any atom is 0.220 e. The number of carbonyl (C=O) groups is 1. The van der Waals surface area contributed by atoms with E-state index >= 15 is 0 Å². The molecule has 1 amide bonds. The molecule has 2 nitrogen and oxygen atoms in total. The summed E-state index contributed by atoms with van der Waals surface area (Å²) in [5.41, 5.74) is 2.53. The molecule has 1 aromatic carbocycles. The minimum Gasteiger partial charge on any atom is -0.350 e. The first kappa shape index (κ1) is 14.1. The zero-order chi connectivity index (χ0) is 13.7. The average molecular weight is 259 g/mol. The van der Waals surface area contributed by atoms with Crippen molar-refractivity contribution in [1.29, 1.82) is 0 Å². The molecule has 0 bridgehead atoms. The van der Waals surface area contributed by atoms with Gasteiger partial charge in [0.15, 0.2) is 0 Å². The van der Waals surface area contributed by atoms with Gasteiger partial charge in [0.25, 0.3) is 0 Å². The van der Waals surface area contributed by atoms with Crippen molar-refractivity contribution in [2.24, 2.45) is 5.92 Å². The maximum atomic E-state index is 12.0. The molecule has 1 aliphatic rings. The number of amides is 1. The van der Waals surface area contributed by atoms with E-state index in [0.29, 0.717) is 12.3 Å². The molecular formula is C17H25NO. The number of benzene rings is 1. The van der Waals surface area contributed by atoms with E-state index in [-0.39, 0.29) is 11.9 Å². The number of hydrogen-bond acceptors (Lipinski definition) is 1. The smallest absolute Gasteiger partial charge is 0.220 e. The fourth-order valence-corrected chi connectivity index (χ4v) is 2.90. The van der Waals surface area contributed by atoms with Crippen LogP contribution in [0.1, 0.15) is 63.1 Å². The molecule has 1 aromatic rings. The Balaban J connectivity index is 1.84. The van der Waals surface area contributed by atoms with E-state index in [4.69, 9.17) is 0 Å². The second-order valence-electron chi connectivity index (χ2n) is 5.74. The Hall–Kier alpha value is -1.31. The molecule has 1 fully saturated rings. The molecule has 1 unspecified atom stereocenters. The monoisotopic (exact) mass is 259 g/mol. The van der Waals surface area contributed by atoms with Crippen molar-refractivity contribution in [3.63, 3.8) is 0 Å². The molecule has 1 N–H and O–H groups in total. The molecule has 1 saturated carbocycles. The Morgan fingerprint density at radius 1 is 1.26 bits per heavy atom. The second-order valence-corrected chi connectivity index (χ2v) is 5.74. The lowest BCUT2D eigenvalue weighted by Crippen LogP contribution is -2.27. The molecule has 2 heteroatoms. The normalized spacial score (nSPS) is 17.4. The first-order valence-electron chi connectivity index (χ1n) is 7.57. The molecule has 1 atom stereocenters. The largest absolute Gasteiger partial charge is 0.350 e. The summed E-state index contributed by atoms with van der Waals surface area (Å²) >= 11 is 0. The van der Waals surface area contributed by atoms with E-state index in [1.165, 1.54) is 36.8 Å². The number of hydrogen-bond donors (Lipinski definition) is 1. The number of nitrogens with one attached hydrogen (secondary N) is 1. The molecule has 0 saturated heterocycles. The molecule has 19 heavy (non-hydrogen) atoms. The van der Waals surface area contributed by atoms with E-state index < -0.39 is 0 Å². The summed E-state index contributed by atoms with van der Waals surface area (Å²) in [5, 5.41) is 3.12. The van der Waals surface area contributed by atoms with Gasteiger partial charge in [-0.15, -0.1) is 0 Å². The Labute approximate surface area is 116 Å². The zero-order valence-corrected chi connectivity index (χ0v) is 12.1. The summed E-state index contributed by atoms with van der Waals surface area (Å²) in [7, 11) is 0. The molecular weight excluding hydrogens is 234 g/mol. The van der Waals surface area contributed by atoms with Crippen LogP contribution in [0.5, 0.6) is 0 Å². The van der Waals surface area contributed by atoms with Crippen LogP contribution in [0.4, 0.5) is 0 Å². The Kier molecular flexibility index (Phi) is 5.00. The summed E-state index contributed by atoms with van der Waals surface area (Å²) in [6, 6.07) is 8.66. The Morgan fingerprint density at radius 3 is 2.47 bits per heavy atom. The molecule has 0 heterocycles. The average Bonchev–Trinajstić information content (AvgIpc) is 2.91. The highest BCUT2D eigenvalue weighted by molar-refractivity contribution is 5.76. The van der Waals surface area contributed by atoms with Crippen LogP contribution in [0.3, 0.4) is 0 Å². The fraction of sp³-hybridized carbons (Fsp3) is 0.588. The van der Waals surface area contributed by atoms with Crippen LogP contribution >= 0.6 is 0 Å². The van der Waals surface area contributed by atoms with Crippen molar-refractivity contribution >= 4 is 5.91 Å². The van der Waals surface area contributed by atoms with Crippen LogP contribution in [0, 0.1) is 5.92 Å². The van der Waals surface area contributed by atoms with Crippen LogP contribution in [0.25, 0.3) is 0 Å². The van der Waals surface area contributed by atoms with Gasteiger partial charge in [0, 0.05) is 6.42 Å². The summed E-state index contributed by atoms with van der Waals surface area (Å²) in [4.78, 5) is 12.0. The van der Waals surface area contributed by atoms with E-state index in [1.807, 2.05) is 0 Å². The van der Waals surface area contributed by atoms with Crippen molar-refractivity contribution in [3.8, 4) is 0 Å². The minimum absolute atomic E-state index is 0.111. The Morgan fingerprint density at radius 2 is 1.89 bits per heavy atom. The molecule has 104 valence electrons. The topological polar surface area (TPSA) is 29.1 Å². The van der Waals surface area contributed by atoms with Crippen LogP contribution in [-0.4, -0.2) is 5.91 Å². The van der Waals surface area contributed by atoms with E-state index in [1.54, 1.807) is 0 Å². The highest BCUT2D eigenvalue weighted by Crippen LogP contribution is 2.27. The van der Waals surface area contributed by atoms with Crippen molar-refractivity contribution < 1.29 is 4.79 Å². The van der Waals surface area contributed by atoms with Gasteiger partial charge in [0.2, 0.25) is 5.91 Å². The fourth-order valence-electron chi connectivity index (χ4n) is 2.90. The lowest BCUT2D eigenvalue weighted by atomic mass is 10.0. The van der Waals surface area contributed by atoms with Gasteiger partial charge in [-0.05, 0) is 43.2 Å². The molecule has 0 aliphatic heterocycles. The highest BCUT2D eigenvalue weighted by Gasteiger charge is 2.19. The number of aryl methyl sites for hydroxylation is 1. The van der Waals surface area contributed by atoms with Gasteiger partial charge >= 0.3 is 0 Å². The number of carbonyl (C=O) groups excluding carboxylic acids is 1. The van der Waals surface area contributed by atoms with Gasteiger partial charge in [-0.1, -0.05) is 44.0 Å². The summed E-state index contributed by atoms with van der Waals surface area (Å²) < 4.78 is 0. The predicted molar refractivity (Wildman–Crippen MR) is 79.0 cm³/mol. The summed E-state index contributed by atoms with van der Waals surface area (Å²) in [6.45, 7) is 4.22. The summed E-state index contributed by atoms with van der Waals surface area (Å²) in [5.74, 6) is 0.827.